The second-order valence-electron chi connectivity index (χ2n) is 7.40. The molecule has 1 fully saturated rings. The van der Waals surface area contributed by atoms with E-state index in [0.29, 0.717) is 21.2 Å². The molecule has 0 aromatic heterocycles. The first kappa shape index (κ1) is 21.3. The van der Waals surface area contributed by atoms with Crippen LogP contribution < -0.4 is 5.32 Å². The molecule has 8 heteroatoms. The van der Waals surface area contributed by atoms with Gasteiger partial charge in [0, 0.05) is 28.1 Å². The number of hydrogen-bond acceptors (Lipinski definition) is 5. The summed E-state index contributed by atoms with van der Waals surface area (Å²) in [6, 6.07) is 14.9. The van der Waals surface area contributed by atoms with Crippen molar-refractivity contribution < 1.29 is 24.6 Å². The Bertz CT molecular complexity index is 878. The van der Waals surface area contributed by atoms with E-state index in [2.05, 4.69) is 5.32 Å². The van der Waals surface area contributed by atoms with Crippen LogP contribution in [0.5, 0.6) is 0 Å². The van der Waals surface area contributed by atoms with E-state index < -0.39 is 23.5 Å². The monoisotopic (exact) mass is 418 g/mol. The van der Waals surface area contributed by atoms with Crippen LogP contribution in [0.1, 0.15) is 27.6 Å². The second-order valence-corrected chi connectivity index (χ2v) is 7.83. The third kappa shape index (κ3) is 4.94. The van der Waals surface area contributed by atoms with E-state index in [4.69, 9.17) is 16.3 Å². The predicted molar refractivity (Wildman–Crippen MR) is 107 cm³/mol. The zero-order valence-electron chi connectivity index (χ0n) is 15.9. The normalized spacial score (nSPS) is 23.6. The third-order valence-corrected chi connectivity index (χ3v) is 5.25. The lowest BCUT2D eigenvalue weighted by molar-refractivity contribution is -0.0940. The number of carbonyl (C=O) groups excluding carboxylic acids is 2. The van der Waals surface area contributed by atoms with Crippen LogP contribution in [-0.4, -0.2) is 59.1 Å². The molecule has 1 saturated heterocycles. The topological polar surface area (TPSA) is 99.1 Å². The Morgan fingerprint density at radius 1 is 1.21 bits per heavy atom. The molecule has 0 radical (unpaired) electrons. The summed E-state index contributed by atoms with van der Waals surface area (Å²) >= 11 is 5.89. The quantitative estimate of drug-likeness (QED) is 0.494. The average Bonchev–Trinajstić information content (AvgIpc) is 3.00. The molecule has 2 aromatic carbocycles. The lowest BCUT2D eigenvalue weighted by Gasteiger charge is -2.31. The van der Waals surface area contributed by atoms with Crippen molar-refractivity contribution >= 4 is 23.4 Å². The standard InChI is InChI=1S/C21H23ClN2O5/c1-21(12-24(28)20(27)14-6-3-2-4-7-14)13-29-17(18(21)25)11-23-19(26)15-8-5-9-16(22)10-15/h2-10,17-18,25,28H,11-13H2,1H3,(H,23,26)/t17-,18-,21-/m1/s1. The van der Waals surface area contributed by atoms with Gasteiger partial charge in [-0.1, -0.05) is 42.8 Å². The van der Waals surface area contributed by atoms with E-state index in [1.807, 2.05) is 0 Å². The number of carbonyl (C=O) groups is 2. The van der Waals surface area contributed by atoms with Gasteiger partial charge in [-0.2, -0.15) is 0 Å². The number of benzene rings is 2. The van der Waals surface area contributed by atoms with Gasteiger partial charge in [0.15, 0.2) is 0 Å². The van der Waals surface area contributed by atoms with Crippen molar-refractivity contribution in [3.63, 3.8) is 0 Å². The number of rotatable bonds is 6. The Labute approximate surface area is 173 Å². The Morgan fingerprint density at radius 3 is 2.59 bits per heavy atom. The van der Waals surface area contributed by atoms with E-state index >= 15 is 0 Å². The highest BCUT2D eigenvalue weighted by molar-refractivity contribution is 6.30. The SMILES string of the molecule is C[C@@]1(CN(O)C(=O)c2ccccc2)CO[C@H](CNC(=O)c2cccc(Cl)c2)[C@H]1O. The summed E-state index contributed by atoms with van der Waals surface area (Å²) < 4.78 is 5.64. The van der Waals surface area contributed by atoms with E-state index in [1.165, 1.54) is 0 Å². The fourth-order valence-electron chi connectivity index (χ4n) is 3.30. The van der Waals surface area contributed by atoms with E-state index in [9.17, 15) is 19.9 Å². The van der Waals surface area contributed by atoms with Gasteiger partial charge in [0.1, 0.15) is 6.10 Å². The molecule has 0 bridgehead atoms. The van der Waals surface area contributed by atoms with Crippen LogP contribution in [-0.2, 0) is 4.74 Å². The van der Waals surface area contributed by atoms with Crippen LogP contribution in [0.4, 0.5) is 0 Å². The predicted octanol–water partition coefficient (Wildman–Crippen LogP) is 2.37. The number of halogens is 1. The molecule has 1 heterocycles. The Balaban J connectivity index is 1.57. The Kier molecular flexibility index (Phi) is 6.54. The summed E-state index contributed by atoms with van der Waals surface area (Å²) in [6.45, 7) is 1.82. The second kappa shape index (κ2) is 8.92. The highest BCUT2D eigenvalue weighted by Crippen LogP contribution is 2.33. The summed E-state index contributed by atoms with van der Waals surface area (Å²) in [7, 11) is 0. The van der Waals surface area contributed by atoms with Gasteiger partial charge in [-0.3, -0.25) is 14.8 Å². The summed E-state index contributed by atoms with van der Waals surface area (Å²) in [4.78, 5) is 24.6. The minimum atomic E-state index is -0.986. The van der Waals surface area contributed by atoms with E-state index in [1.54, 1.807) is 61.5 Å². The Morgan fingerprint density at radius 2 is 1.90 bits per heavy atom. The molecule has 2 aromatic rings. The first-order chi connectivity index (χ1) is 13.8. The van der Waals surface area contributed by atoms with Gasteiger partial charge in [-0.15, -0.1) is 0 Å². The molecule has 0 spiro atoms. The van der Waals surface area contributed by atoms with Crippen LogP contribution in [0.3, 0.4) is 0 Å². The molecule has 3 N–H and O–H groups in total. The molecule has 1 aliphatic rings. The van der Waals surface area contributed by atoms with Crippen molar-refractivity contribution in [3.05, 3.63) is 70.7 Å². The number of hydroxylamine groups is 2. The number of aliphatic hydroxyl groups excluding tert-OH is 1. The van der Waals surface area contributed by atoms with Gasteiger partial charge in [-0.25, -0.2) is 5.06 Å². The van der Waals surface area contributed by atoms with Crippen LogP contribution in [0.15, 0.2) is 54.6 Å². The number of nitrogens with one attached hydrogen (secondary N) is 1. The number of ether oxygens (including phenoxy) is 1. The maximum Gasteiger partial charge on any atom is 0.277 e. The lowest BCUT2D eigenvalue weighted by atomic mass is 9.84. The zero-order valence-corrected chi connectivity index (χ0v) is 16.7. The van der Waals surface area contributed by atoms with Crippen molar-refractivity contribution in [2.45, 2.75) is 19.1 Å². The van der Waals surface area contributed by atoms with Gasteiger partial charge >= 0.3 is 0 Å². The van der Waals surface area contributed by atoms with Crippen LogP contribution in [0, 0.1) is 5.41 Å². The largest absolute Gasteiger partial charge is 0.390 e. The molecule has 0 unspecified atom stereocenters. The molecular formula is C21H23ClN2O5. The minimum absolute atomic E-state index is 0.0835. The maximum atomic E-state index is 12.3. The molecule has 7 nitrogen and oxygen atoms in total. The highest BCUT2D eigenvalue weighted by Gasteiger charge is 2.47. The van der Waals surface area contributed by atoms with Gasteiger partial charge < -0.3 is 15.2 Å². The molecule has 0 saturated carbocycles. The molecule has 1 aliphatic heterocycles. The maximum absolute atomic E-state index is 12.3. The molecule has 0 aliphatic carbocycles. The summed E-state index contributed by atoms with van der Waals surface area (Å²) in [5, 5.41) is 24.7. The summed E-state index contributed by atoms with van der Waals surface area (Å²) in [5.74, 6) is -0.892. The number of amides is 2. The summed E-state index contributed by atoms with van der Waals surface area (Å²) in [6.07, 6.45) is -1.65. The summed E-state index contributed by atoms with van der Waals surface area (Å²) in [5.41, 5.74) is -0.134. The molecule has 3 atom stereocenters. The molecule has 3 rings (SSSR count). The first-order valence-corrected chi connectivity index (χ1v) is 9.57. The van der Waals surface area contributed by atoms with Gasteiger partial charge in [-0.05, 0) is 30.3 Å². The van der Waals surface area contributed by atoms with E-state index in [0.717, 1.165) is 0 Å². The fourth-order valence-corrected chi connectivity index (χ4v) is 3.49. The van der Waals surface area contributed by atoms with Gasteiger partial charge in [0.2, 0.25) is 0 Å². The van der Waals surface area contributed by atoms with Crippen molar-refractivity contribution in [1.29, 1.82) is 0 Å². The van der Waals surface area contributed by atoms with Gasteiger partial charge in [0.05, 0.1) is 19.3 Å². The smallest absolute Gasteiger partial charge is 0.277 e. The lowest BCUT2D eigenvalue weighted by Crippen LogP contribution is -2.47. The number of nitrogens with zero attached hydrogens (tertiary/aromatic N) is 1. The highest BCUT2D eigenvalue weighted by atomic mass is 35.5. The van der Waals surface area contributed by atoms with Crippen LogP contribution >= 0.6 is 11.6 Å². The third-order valence-electron chi connectivity index (χ3n) is 5.01. The van der Waals surface area contributed by atoms with Crippen molar-refractivity contribution in [2.24, 2.45) is 5.41 Å². The van der Waals surface area contributed by atoms with Crippen molar-refractivity contribution in [3.8, 4) is 0 Å². The average molecular weight is 419 g/mol. The fraction of sp³-hybridized carbons (Fsp3) is 0.333. The molecular weight excluding hydrogens is 396 g/mol. The molecule has 2 amide bonds. The number of hydrogen-bond donors (Lipinski definition) is 3. The molecule has 154 valence electrons. The zero-order chi connectivity index (χ0) is 21.0. The first-order valence-electron chi connectivity index (χ1n) is 9.19. The van der Waals surface area contributed by atoms with Gasteiger partial charge in [0.25, 0.3) is 11.8 Å². The molecule has 29 heavy (non-hydrogen) atoms. The van der Waals surface area contributed by atoms with Crippen LogP contribution in [0.25, 0.3) is 0 Å². The minimum Gasteiger partial charge on any atom is -0.390 e. The van der Waals surface area contributed by atoms with E-state index in [-0.39, 0.29) is 25.6 Å². The van der Waals surface area contributed by atoms with Crippen molar-refractivity contribution in [2.75, 3.05) is 19.7 Å². The number of aliphatic hydroxyl groups is 1. The van der Waals surface area contributed by atoms with Crippen LogP contribution in [0.2, 0.25) is 5.02 Å². The Hall–Kier alpha value is -2.45. The van der Waals surface area contributed by atoms with Crippen molar-refractivity contribution in [1.82, 2.24) is 10.4 Å².